The van der Waals surface area contributed by atoms with E-state index in [2.05, 4.69) is 0 Å². The molecule has 0 spiro atoms. The van der Waals surface area contributed by atoms with Crippen molar-refractivity contribution in [3.05, 3.63) is 0 Å². The van der Waals surface area contributed by atoms with Crippen LogP contribution in [-0.4, -0.2) is 34.1 Å². The normalized spacial score (nSPS) is 7.62. The molecule has 0 heterocycles. The summed E-state index contributed by atoms with van der Waals surface area (Å²) in [6.07, 6.45) is 2.08. The van der Waals surface area contributed by atoms with Crippen LogP contribution in [0.3, 0.4) is 0 Å². The summed E-state index contributed by atoms with van der Waals surface area (Å²) in [5.74, 6) is -0.693. The number of aliphatic carboxylic acids is 1. The molecule has 0 atom stereocenters. The number of hydrogen-bond donors (Lipinski definition) is 1. The van der Waals surface area contributed by atoms with E-state index in [9.17, 15) is 4.79 Å². The minimum Gasteiger partial charge on any atom is -1.00 e. The second-order valence-electron chi connectivity index (χ2n) is 1.50. The molecule has 0 amide bonds. The van der Waals surface area contributed by atoms with Crippen molar-refractivity contribution >= 4 is 29.0 Å². The topological polar surface area (TPSA) is 37.3 Å². The second-order valence-corrected chi connectivity index (χ2v) is 1.50. The Bertz CT molecular complexity index is 70.7. The van der Waals surface area contributed by atoms with Crippen molar-refractivity contribution in [3.63, 3.8) is 0 Å². The number of unbranched alkanes of at least 4 members (excludes halogenated alkanes) is 1. The third kappa shape index (κ3) is 9.53. The maximum Gasteiger partial charge on any atom is 2.00 e. The monoisotopic (exact) mass is 128 g/mol. The number of carboxylic acids is 1. The summed E-state index contributed by atoms with van der Waals surface area (Å²) in [5, 5.41) is 8.04. The maximum absolute atomic E-state index is 9.76. The quantitative estimate of drug-likeness (QED) is 0.578. The number of rotatable bonds is 3. The Morgan fingerprint density at radius 3 is 2.38 bits per heavy atom. The van der Waals surface area contributed by atoms with Gasteiger partial charge in [0.05, 0.1) is 0 Å². The molecule has 0 rings (SSSR count). The van der Waals surface area contributed by atoms with E-state index >= 15 is 0 Å². The summed E-state index contributed by atoms with van der Waals surface area (Å²) >= 11 is 0. The standard InChI is InChI=1S/C5H10O2.Mg.2H/c1-2-3-4-5(6)7;;;/h2-4H2,1H3,(H,6,7);;;/q;+2;2*-1. The fourth-order valence-electron chi connectivity index (χ4n) is 0.328. The Labute approximate surface area is 68.4 Å². The molecule has 8 heavy (non-hydrogen) atoms. The van der Waals surface area contributed by atoms with Gasteiger partial charge in [-0.25, -0.2) is 0 Å². The molecular formula is C5H12MgO2. The van der Waals surface area contributed by atoms with Crippen LogP contribution in [0.5, 0.6) is 0 Å². The molecule has 2 nitrogen and oxygen atoms in total. The molecular weight excluding hydrogens is 116 g/mol. The zero-order chi connectivity index (χ0) is 5.70. The zero-order valence-electron chi connectivity index (χ0n) is 7.18. The summed E-state index contributed by atoms with van der Waals surface area (Å²) in [6.45, 7) is 1.98. The Morgan fingerprint density at radius 2 is 2.25 bits per heavy atom. The summed E-state index contributed by atoms with van der Waals surface area (Å²) in [6, 6.07) is 0. The average molecular weight is 128 g/mol. The first-order chi connectivity index (χ1) is 3.27. The molecule has 0 aromatic heterocycles. The SMILES string of the molecule is CCCCC(=O)O.[H-].[H-].[Mg+2]. The van der Waals surface area contributed by atoms with Gasteiger partial charge in [-0.05, 0) is 6.42 Å². The van der Waals surface area contributed by atoms with Crippen LogP contribution in [-0.2, 0) is 4.79 Å². The van der Waals surface area contributed by atoms with Crippen LogP contribution in [0.2, 0.25) is 0 Å². The Morgan fingerprint density at radius 1 is 1.75 bits per heavy atom. The largest absolute Gasteiger partial charge is 2.00 e. The summed E-state index contributed by atoms with van der Waals surface area (Å²) in [4.78, 5) is 9.76. The van der Waals surface area contributed by atoms with Gasteiger partial charge >= 0.3 is 29.0 Å². The minimum atomic E-state index is -0.693. The van der Waals surface area contributed by atoms with Gasteiger partial charge in [0.2, 0.25) is 0 Å². The minimum absolute atomic E-state index is 0. The number of carbonyl (C=O) groups is 1. The third-order valence-electron chi connectivity index (χ3n) is 0.744. The first-order valence-electron chi connectivity index (χ1n) is 2.49. The number of hydrogen-bond acceptors (Lipinski definition) is 1. The molecule has 46 valence electrons. The molecule has 0 bridgehead atoms. The zero-order valence-corrected chi connectivity index (χ0v) is 6.60. The van der Waals surface area contributed by atoms with Crippen LogP contribution < -0.4 is 0 Å². The van der Waals surface area contributed by atoms with Gasteiger partial charge in [-0.2, -0.15) is 0 Å². The molecule has 0 aliphatic carbocycles. The van der Waals surface area contributed by atoms with Gasteiger partial charge in [-0.1, -0.05) is 13.3 Å². The Balaban J connectivity index is -0.0000000600. The third-order valence-corrected chi connectivity index (χ3v) is 0.744. The van der Waals surface area contributed by atoms with Crippen molar-refractivity contribution < 1.29 is 12.8 Å². The molecule has 0 fully saturated rings. The van der Waals surface area contributed by atoms with Crippen LogP contribution >= 0.6 is 0 Å². The number of carboxylic acid groups (broad SMARTS) is 1. The van der Waals surface area contributed by atoms with Crippen LogP contribution in [0.4, 0.5) is 0 Å². The van der Waals surface area contributed by atoms with Crippen LogP contribution in [0.1, 0.15) is 29.0 Å². The van der Waals surface area contributed by atoms with Crippen LogP contribution in [0.15, 0.2) is 0 Å². The smallest absolute Gasteiger partial charge is 1.00 e. The molecule has 0 unspecified atom stereocenters. The van der Waals surface area contributed by atoms with Crippen molar-refractivity contribution in [1.82, 2.24) is 0 Å². The molecule has 0 saturated heterocycles. The second kappa shape index (κ2) is 7.24. The summed E-state index contributed by atoms with van der Waals surface area (Å²) in [7, 11) is 0. The van der Waals surface area contributed by atoms with Crippen LogP contribution in [0.25, 0.3) is 0 Å². The molecule has 1 N–H and O–H groups in total. The first kappa shape index (κ1) is 11.1. The van der Waals surface area contributed by atoms with E-state index in [4.69, 9.17) is 5.11 Å². The molecule has 0 aliphatic rings. The predicted molar refractivity (Wildman–Crippen MR) is 35.1 cm³/mol. The molecule has 0 aromatic rings. The van der Waals surface area contributed by atoms with E-state index in [1.807, 2.05) is 6.92 Å². The summed E-state index contributed by atoms with van der Waals surface area (Å²) < 4.78 is 0. The van der Waals surface area contributed by atoms with E-state index in [1.54, 1.807) is 0 Å². The van der Waals surface area contributed by atoms with Gasteiger partial charge in [-0.3, -0.25) is 4.79 Å². The van der Waals surface area contributed by atoms with Gasteiger partial charge in [0, 0.05) is 6.42 Å². The van der Waals surface area contributed by atoms with E-state index in [0.29, 0.717) is 6.42 Å². The average Bonchev–Trinajstić information content (AvgIpc) is 1.61. The van der Waals surface area contributed by atoms with E-state index in [-0.39, 0.29) is 25.9 Å². The van der Waals surface area contributed by atoms with E-state index < -0.39 is 5.97 Å². The van der Waals surface area contributed by atoms with Crippen LogP contribution in [0, 0.1) is 0 Å². The molecule has 0 aliphatic heterocycles. The summed E-state index contributed by atoms with van der Waals surface area (Å²) in [5.41, 5.74) is 0. The van der Waals surface area contributed by atoms with Gasteiger partial charge in [-0.15, -0.1) is 0 Å². The van der Waals surface area contributed by atoms with Crippen molar-refractivity contribution in [2.75, 3.05) is 0 Å². The molecule has 0 saturated carbocycles. The van der Waals surface area contributed by atoms with Crippen molar-refractivity contribution in [3.8, 4) is 0 Å². The predicted octanol–water partition coefficient (Wildman–Crippen LogP) is 1.11. The maximum atomic E-state index is 9.76. The molecule has 0 radical (unpaired) electrons. The molecule has 0 aromatic carbocycles. The van der Waals surface area contributed by atoms with Crippen molar-refractivity contribution in [2.24, 2.45) is 0 Å². The van der Waals surface area contributed by atoms with Gasteiger partial charge in [0.15, 0.2) is 0 Å². The van der Waals surface area contributed by atoms with Crippen molar-refractivity contribution in [2.45, 2.75) is 26.2 Å². The van der Waals surface area contributed by atoms with E-state index in [0.717, 1.165) is 12.8 Å². The fraction of sp³-hybridized carbons (Fsp3) is 0.800. The molecule has 3 heteroatoms. The first-order valence-corrected chi connectivity index (χ1v) is 2.49. The Hall–Kier alpha value is 0.236. The fourth-order valence-corrected chi connectivity index (χ4v) is 0.328. The van der Waals surface area contributed by atoms with Gasteiger partial charge < -0.3 is 7.96 Å². The van der Waals surface area contributed by atoms with E-state index in [1.165, 1.54) is 0 Å². The van der Waals surface area contributed by atoms with Gasteiger partial charge in [0.25, 0.3) is 0 Å². The van der Waals surface area contributed by atoms with Crippen molar-refractivity contribution in [1.29, 1.82) is 0 Å². The van der Waals surface area contributed by atoms with Gasteiger partial charge in [0.1, 0.15) is 0 Å². The Kier molecular flexibility index (Phi) is 10.0.